The zero-order valence-electron chi connectivity index (χ0n) is 27.2. The van der Waals surface area contributed by atoms with E-state index in [-0.39, 0.29) is 37.5 Å². The minimum Gasteiger partial charge on any atom is -0.480 e. The molecular weight excluding hydrogens is 578 g/mol. The average Bonchev–Trinajstić information content (AvgIpc) is 2.98. The lowest BCUT2D eigenvalue weighted by atomic mass is 10.00. The van der Waals surface area contributed by atoms with Crippen molar-refractivity contribution in [1.29, 1.82) is 0 Å². The second-order valence-corrected chi connectivity index (χ2v) is 12.2. The number of unbranched alkanes of at least 4 members (excludes halogenated alkanes) is 2. The molecule has 13 nitrogen and oxygen atoms in total. The van der Waals surface area contributed by atoms with Crippen molar-refractivity contribution in [2.45, 2.75) is 109 Å². The van der Waals surface area contributed by atoms with Gasteiger partial charge < -0.3 is 43.6 Å². The van der Waals surface area contributed by atoms with Crippen molar-refractivity contribution in [3.63, 3.8) is 0 Å². The summed E-state index contributed by atoms with van der Waals surface area (Å²) in [6, 6.07) is 4.24. The molecule has 0 aliphatic rings. The zero-order valence-corrected chi connectivity index (χ0v) is 27.2. The quantitative estimate of drug-likeness (QED) is 0.0832. The Morgan fingerprint density at radius 3 is 1.62 bits per heavy atom. The molecule has 0 fully saturated rings. The minimum atomic E-state index is -1.17. The van der Waals surface area contributed by atoms with Crippen LogP contribution < -0.4 is 38.5 Å². The van der Waals surface area contributed by atoms with Gasteiger partial charge in [0.15, 0.2) is 0 Å². The second-order valence-electron chi connectivity index (χ2n) is 12.2. The van der Waals surface area contributed by atoms with Gasteiger partial charge in [-0.25, -0.2) is 4.79 Å². The predicted molar refractivity (Wildman–Crippen MR) is 174 cm³/mol. The summed E-state index contributed by atoms with van der Waals surface area (Å²) in [5.41, 5.74) is 18.3. The summed E-state index contributed by atoms with van der Waals surface area (Å²) in [4.78, 5) is 64.9. The van der Waals surface area contributed by atoms with E-state index >= 15 is 0 Å². The molecule has 0 spiro atoms. The number of benzene rings is 1. The molecule has 1 rings (SSSR count). The van der Waals surface area contributed by atoms with Crippen LogP contribution in [0, 0.1) is 11.8 Å². The normalized spacial score (nSPS) is 14.6. The molecule has 254 valence electrons. The van der Waals surface area contributed by atoms with Crippen LogP contribution in [0.5, 0.6) is 0 Å². The third kappa shape index (κ3) is 15.3. The van der Waals surface area contributed by atoms with Crippen molar-refractivity contribution in [2.24, 2.45) is 29.0 Å². The molecule has 0 aliphatic heterocycles. The Kier molecular flexibility index (Phi) is 18.6. The maximum absolute atomic E-state index is 13.6. The molecule has 5 atom stereocenters. The van der Waals surface area contributed by atoms with Crippen LogP contribution >= 0.6 is 0 Å². The molecule has 0 radical (unpaired) electrons. The van der Waals surface area contributed by atoms with Gasteiger partial charge in [-0.2, -0.15) is 0 Å². The predicted octanol–water partition coefficient (Wildman–Crippen LogP) is 0.540. The van der Waals surface area contributed by atoms with E-state index in [1.807, 2.05) is 44.2 Å². The molecule has 0 unspecified atom stereocenters. The first-order valence-electron chi connectivity index (χ1n) is 15.9. The number of nitrogens with one attached hydrogen (secondary N) is 4. The first kappa shape index (κ1) is 39.5. The van der Waals surface area contributed by atoms with E-state index in [4.69, 9.17) is 17.2 Å². The van der Waals surface area contributed by atoms with Crippen LogP contribution in [-0.4, -0.2) is 78.0 Å². The van der Waals surface area contributed by atoms with Crippen LogP contribution in [0.1, 0.15) is 78.2 Å². The monoisotopic (exact) mass is 633 g/mol. The number of carboxylic acid groups (broad SMARTS) is 1. The number of carboxylic acids is 1. The minimum absolute atomic E-state index is 0.0149. The zero-order chi connectivity index (χ0) is 33.9. The molecule has 45 heavy (non-hydrogen) atoms. The van der Waals surface area contributed by atoms with Gasteiger partial charge >= 0.3 is 5.97 Å². The average molecular weight is 634 g/mol. The molecule has 1 aromatic rings. The number of hydrogen-bond donors (Lipinski definition) is 8. The molecular formula is C32H55N7O6. The van der Waals surface area contributed by atoms with Crippen molar-refractivity contribution in [1.82, 2.24) is 21.3 Å². The number of rotatable bonds is 22. The van der Waals surface area contributed by atoms with Gasteiger partial charge in [0.2, 0.25) is 23.6 Å². The Balaban J connectivity index is 3.09. The van der Waals surface area contributed by atoms with Crippen LogP contribution in [0.3, 0.4) is 0 Å². The van der Waals surface area contributed by atoms with Crippen molar-refractivity contribution >= 4 is 29.6 Å². The van der Waals surface area contributed by atoms with E-state index in [0.29, 0.717) is 38.8 Å². The van der Waals surface area contributed by atoms with Gasteiger partial charge in [0.1, 0.15) is 24.2 Å². The lowest BCUT2D eigenvalue weighted by Crippen LogP contribution is -2.59. The Labute approximate surface area is 267 Å². The fourth-order valence-electron chi connectivity index (χ4n) is 4.78. The van der Waals surface area contributed by atoms with Crippen LogP contribution in [0.25, 0.3) is 0 Å². The fraction of sp³-hybridized carbons (Fsp3) is 0.656. The molecule has 13 heteroatoms. The molecule has 0 aromatic heterocycles. The summed E-state index contributed by atoms with van der Waals surface area (Å²) in [5.74, 6) is -3.76. The number of nitrogens with two attached hydrogens (primary N) is 3. The third-order valence-corrected chi connectivity index (χ3v) is 7.36. The van der Waals surface area contributed by atoms with Crippen LogP contribution in [-0.2, 0) is 30.4 Å². The molecule has 0 aliphatic carbocycles. The van der Waals surface area contributed by atoms with Crippen molar-refractivity contribution in [3.05, 3.63) is 35.9 Å². The summed E-state index contributed by atoms with van der Waals surface area (Å²) in [6.45, 7) is 8.02. The topological polar surface area (TPSA) is 232 Å². The summed E-state index contributed by atoms with van der Waals surface area (Å²) >= 11 is 0. The first-order chi connectivity index (χ1) is 21.3. The molecule has 0 saturated heterocycles. The Hall–Kier alpha value is -3.55. The summed E-state index contributed by atoms with van der Waals surface area (Å²) in [7, 11) is 0. The maximum Gasteiger partial charge on any atom is 0.326 e. The highest BCUT2D eigenvalue weighted by atomic mass is 16.4. The van der Waals surface area contributed by atoms with Gasteiger partial charge in [0, 0.05) is 0 Å². The second kappa shape index (κ2) is 21.2. The fourth-order valence-corrected chi connectivity index (χ4v) is 4.78. The van der Waals surface area contributed by atoms with E-state index in [9.17, 15) is 29.1 Å². The summed E-state index contributed by atoms with van der Waals surface area (Å²) in [5, 5.41) is 20.4. The van der Waals surface area contributed by atoms with Crippen LogP contribution in [0.4, 0.5) is 0 Å². The SMILES string of the molecule is CC(C)C[C@@H](NC(=O)[C@@H](CCCCN)NC(=O)[C@@H](CCCCN)NC(=O)[C@H](NC(=O)[C@H](N)Cc1ccccc1)C(C)C)C(=O)O. The van der Waals surface area contributed by atoms with Crippen LogP contribution in [0.2, 0.25) is 0 Å². The number of amides is 4. The van der Waals surface area contributed by atoms with Crippen LogP contribution in [0.15, 0.2) is 30.3 Å². The van der Waals surface area contributed by atoms with Crippen molar-refractivity contribution < 1.29 is 29.1 Å². The molecule has 0 heterocycles. The van der Waals surface area contributed by atoms with Gasteiger partial charge in [0.25, 0.3) is 0 Å². The standard InChI is InChI=1S/C32H55N7O6/c1-20(2)18-26(32(44)45)38-30(42)24(14-8-10-16-33)36-29(41)25(15-9-11-17-34)37-31(43)27(21(3)4)39-28(40)23(35)19-22-12-6-5-7-13-22/h5-7,12-13,20-21,23-27H,8-11,14-19,33-35H2,1-4H3,(H,36,41)(H,37,43)(H,38,42)(H,39,40)(H,44,45)/t23-,24-,25-,26-,27-/m1/s1. The molecule has 4 amide bonds. The van der Waals surface area contributed by atoms with Crippen molar-refractivity contribution in [3.8, 4) is 0 Å². The smallest absolute Gasteiger partial charge is 0.326 e. The van der Waals surface area contributed by atoms with Gasteiger partial charge in [-0.3, -0.25) is 19.2 Å². The summed E-state index contributed by atoms with van der Waals surface area (Å²) in [6.07, 6.45) is 3.23. The van der Waals surface area contributed by atoms with Crippen molar-refractivity contribution in [2.75, 3.05) is 13.1 Å². The largest absolute Gasteiger partial charge is 0.480 e. The Morgan fingerprint density at radius 2 is 1.18 bits per heavy atom. The van der Waals surface area contributed by atoms with E-state index in [2.05, 4.69) is 21.3 Å². The maximum atomic E-state index is 13.6. The number of hydrogen-bond acceptors (Lipinski definition) is 8. The number of aliphatic carboxylic acids is 1. The highest BCUT2D eigenvalue weighted by Crippen LogP contribution is 2.11. The van der Waals surface area contributed by atoms with Gasteiger partial charge in [-0.05, 0) is 81.9 Å². The van der Waals surface area contributed by atoms with E-state index < -0.39 is 59.8 Å². The number of carbonyl (C=O) groups excluding carboxylic acids is 4. The van der Waals surface area contributed by atoms with Gasteiger partial charge in [-0.15, -0.1) is 0 Å². The van der Waals surface area contributed by atoms with E-state index in [0.717, 1.165) is 5.56 Å². The molecule has 0 saturated carbocycles. The van der Waals surface area contributed by atoms with Gasteiger partial charge in [0.05, 0.1) is 6.04 Å². The molecule has 11 N–H and O–H groups in total. The Bertz CT molecular complexity index is 1070. The van der Waals surface area contributed by atoms with E-state index in [1.165, 1.54) is 0 Å². The lowest BCUT2D eigenvalue weighted by Gasteiger charge is -2.28. The van der Waals surface area contributed by atoms with E-state index in [1.54, 1.807) is 13.8 Å². The first-order valence-corrected chi connectivity index (χ1v) is 15.9. The molecule has 0 bridgehead atoms. The Morgan fingerprint density at radius 1 is 0.689 bits per heavy atom. The number of carbonyl (C=O) groups is 5. The molecule has 1 aromatic carbocycles. The highest BCUT2D eigenvalue weighted by molar-refractivity contribution is 5.95. The summed E-state index contributed by atoms with van der Waals surface area (Å²) < 4.78 is 0. The highest BCUT2D eigenvalue weighted by Gasteiger charge is 2.32. The third-order valence-electron chi connectivity index (χ3n) is 7.36. The van der Waals surface area contributed by atoms with Gasteiger partial charge in [-0.1, -0.05) is 58.0 Å². The lowest BCUT2D eigenvalue weighted by molar-refractivity contribution is -0.143.